The predicted octanol–water partition coefficient (Wildman–Crippen LogP) is 4.66. The number of rotatable bonds is 9. The van der Waals surface area contributed by atoms with Crippen LogP contribution in [0.2, 0.25) is 0 Å². The molecule has 33 heavy (non-hydrogen) atoms. The van der Waals surface area contributed by atoms with Crippen LogP contribution in [0.5, 0.6) is 0 Å². The molecule has 0 atom stereocenters. The number of ether oxygens (including phenoxy) is 1. The molecule has 0 aliphatic carbocycles. The summed E-state index contributed by atoms with van der Waals surface area (Å²) in [6.45, 7) is 9.81. The van der Waals surface area contributed by atoms with Crippen LogP contribution >= 0.6 is 11.3 Å². The molecule has 0 aliphatic rings. The van der Waals surface area contributed by atoms with Crippen molar-refractivity contribution < 1.29 is 24.0 Å². The molecule has 1 N–H and O–H groups in total. The average Bonchev–Trinajstić information content (AvgIpc) is 3.08. The van der Waals surface area contributed by atoms with Gasteiger partial charge in [-0.2, -0.15) is 0 Å². The van der Waals surface area contributed by atoms with Crippen LogP contribution in [-0.4, -0.2) is 46.8 Å². The second-order valence-corrected chi connectivity index (χ2v) is 8.39. The maximum atomic E-state index is 12.9. The molecule has 176 valence electrons. The van der Waals surface area contributed by atoms with Gasteiger partial charge in [0.05, 0.1) is 21.5 Å². The minimum atomic E-state index is -0.629. The molecule has 2 rings (SSSR count). The molecule has 1 heterocycles. The monoisotopic (exact) mass is 473 g/mol. The standard InChI is InChI=1S/C23H27N3O6S/c1-6-25(7-2)22(28)20-15(5)19(23(29)32-14(3)4)21(33-20)24-18(27)12-11-16-9-8-10-17(13-16)26(30)31/h8-14H,6-7H2,1-5H3,(H,24,27). The predicted molar refractivity (Wildman–Crippen MR) is 128 cm³/mol. The number of hydrogen-bond donors (Lipinski definition) is 1. The number of benzene rings is 1. The number of nitro benzene ring substituents is 1. The number of carbonyl (C=O) groups is 3. The number of thiophene rings is 1. The fraction of sp³-hybridized carbons (Fsp3) is 0.348. The molecule has 9 nitrogen and oxygen atoms in total. The van der Waals surface area contributed by atoms with Gasteiger partial charge in [-0.05, 0) is 51.8 Å². The number of nitrogens with zero attached hydrogens (tertiary/aromatic N) is 2. The van der Waals surface area contributed by atoms with Crippen molar-refractivity contribution in [2.75, 3.05) is 18.4 Å². The molecule has 0 fully saturated rings. The zero-order valence-corrected chi connectivity index (χ0v) is 20.0. The lowest BCUT2D eigenvalue weighted by molar-refractivity contribution is -0.384. The van der Waals surface area contributed by atoms with Gasteiger partial charge in [0.2, 0.25) is 5.91 Å². The van der Waals surface area contributed by atoms with E-state index in [1.165, 1.54) is 30.4 Å². The summed E-state index contributed by atoms with van der Waals surface area (Å²) in [7, 11) is 0. The molecule has 0 saturated heterocycles. The highest BCUT2D eigenvalue weighted by Gasteiger charge is 2.28. The third-order valence-corrected chi connectivity index (χ3v) is 5.88. The SMILES string of the molecule is CCN(CC)C(=O)c1sc(NC(=O)C=Cc2cccc([N+](=O)[O-])c2)c(C(=O)OC(C)C)c1C. The van der Waals surface area contributed by atoms with Crippen molar-refractivity contribution in [1.82, 2.24) is 4.90 Å². The van der Waals surface area contributed by atoms with Gasteiger partial charge in [0.1, 0.15) is 5.00 Å². The van der Waals surface area contributed by atoms with Gasteiger partial charge in [0.15, 0.2) is 0 Å². The van der Waals surface area contributed by atoms with E-state index in [4.69, 9.17) is 4.74 Å². The summed E-state index contributed by atoms with van der Waals surface area (Å²) >= 11 is 1.02. The van der Waals surface area contributed by atoms with Crippen LogP contribution in [0.25, 0.3) is 6.08 Å². The first kappa shape index (κ1) is 25.7. The second kappa shape index (κ2) is 11.4. The summed E-state index contributed by atoms with van der Waals surface area (Å²) in [6, 6.07) is 5.83. The van der Waals surface area contributed by atoms with E-state index in [1.54, 1.807) is 31.7 Å². The molecular formula is C23H27N3O6S. The Hall–Kier alpha value is -3.53. The van der Waals surface area contributed by atoms with Crippen molar-refractivity contribution in [3.8, 4) is 0 Å². The fourth-order valence-corrected chi connectivity index (χ4v) is 4.21. The Kier molecular flexibility index (Phi) is 8.86. The minimum Gasteiger partial charge on any atom is -0.459 e. The van der Waals surface area contributed by atoms with E-state index in [0.717, 1.165) is 11.3 Å². The van der Waals surface area contributed by atoms with Gasteiger partial charge in [0.25, 0.3) is 11.6 Å². The Morgan fingerprint density at radius 2 is 1.91 bits per heavy atom. The first-order chi connectivity index (χ1) is 15.6. The summed E-state index contributed by atoms with van der Waals surface area (Å²) in [5.74, 6) is -1.41. The summed E-state index contributed by atoms with van der Waals surface area (Å²) in [5, 5.41) is 13.8. The Morgan fingerprint density at radius 1 is 1.24 bits per heavy atom. The molecule has 0 spiro atoms. The first-order valence-corrected chi connectivity index (χ1v) is 11.3. The van der Waals surface area contributed by atoms with Crippen molar-refractivity contribution >= 4 is 45.9 Å². The van der Waals surface area contributed by atoms with Crippen molar-refractivity contribution in [3.63, 3.8) is 0 Å². The van der Waals surface area contributed by atoms with Crippen LogP contribution < -0.4 is 5.32 Å². The summed E-state index contributed by atoms with van der Waals surface area (Å²) in [5.41, 5.74) is 0.963. The van der Waals surface area contributed by atoms with Crippen molar-refractivity contribution in [3.05, 3.63) is 62.0 Å². The molecule has 0 saturated carbocycles. The molecule has 1 aromatic carbocycles. The van der Waals surface area contributed by atoms with Crippen molar-refractivity contribution in [2.45, 2.75) is 40.7 Å². The largest absolute Gasteiger partial charge is 0.459 e. The maximum absolute atomic E-state index is 12.9. The van der Waals surface area contributed by atoms with Gasteiger partial charge < -0.3 is 15.0 Å². The van der Waals surface area contributed by atoms with Gasteiger partial charge in [-0.25, -0.2) is 4.79 Å². The van der Waals surface area contributed by atoms with Crippen molar-refractivity contribution in [2.24, 2.45) is 0 Å². The zero-order valence-electron chi connectivity index (χ0n) is 19.2. The second-order valence-electron chi connectivity index (χ2n) is 7.37. The van der Waals surface area contributed by atoms with E-state index in [-0.39, 0.29) is 28.3 Å². The van der Waals surface area contributed by atoms with Crippen LogP contribution in [-0.2, 0) is 9.53 Å². The van der Waals surface area contributed by atoms with Crippen LogP contribution in [0.15, 0.2) is 30.3 Å². The Labute approximate surface area is 196 Å². The zero-order chi connectivity index (χ0) is 24.7. The van der Waals surface area contributed by atoms with E-state index in [1.807, 2.05) is 13.8 Å². The van der Waals surface area contributed by atoms with Gasteiger partial charge >= 0.3 is 5.97 Å². The van der Waals surface area contributed by atoms with Crippen molar-refractivity contribution in [1.29, 1.82) is 0 Å². The molecular weight excluding hydrogens is 446 g/mol. The number of nitrogens with one attached hydrogen (secondary N) is 1. The number of amides is 2. The molecule has 0 radical (unpaired) electrons. The van der Waals surface area contributed by atoms with Gasteiger partial charge in [0, 0.05) is 31.3 Å². The van der Waals surface area contributed by atoms with Gasteiger partial charge in [-0.15, -0.1) is 11.3 Å². The third-order valence-electron chi connectivity index (χ3n) is 4.68. The minimum absolute atomic E-state index is 0.0929. The fourth-order valence-electron chi connectivity index (χ4n) is 3.05. The smallest absolute Gasteiger partial charge is 0.341 e. The lowest BCUT2D eigenvalue weighted by atomic mass is 10.1. The van der Waals surface area contributed by atoms with E-state index in [9.17, 15) is 24.5 Å². The number of non-ortho nitro benzene ring substituents is 1. The van der Waals surface area contributed by atoms with E-state index >= 15 is 0 Å². The van der Waals surface area contributed by atoms with Crippen LogP contribution in [0.4, 0.5) is 10.7 Å². The average molecular weight is 474 g/mol. The molecule has 0 aliphatic heterocycles. The molecule has 0 bridgehead atoms. The maximum Gasteiger partial charge on any atom is 0.341 e. The topological polar surface area (TPSA) is 119 Å². The first-order valence-electron chi connectivity index (χ1n) is 10.5. The molecule has 2 aromatic rings. The number of esters is 1. The quantitative estimate of drug-likeness (QED) is 0.245. The molecule has 2 amide bonds. The normalized spacial score (nSPS) is 11.0. The number of carbonyl (C=O) groups excluding carboxylic acids is 3. The molecule has 10 heteroatoms. The number of anilines is 1. The highest BCUT2D eigenvalue weighted by Crippen LogP contribution is 2.35. The Balaban J connectivity index is 2.37. The van der Waals surface area contributed by atoms with Crippen LogP contribution in [0.1, 0.15) is 58.9 Å². The van der Waals surface area contributed by atoms with E-state index in [0.29, 0.717) is 29.1 Å². The van der Waals surface area contributed by atoms with Crippen LogP contribution in [0, 0.1) is 17.0 Å². The molecule has 0 unspecified atom stereocenters. The summed E-state index contributed by atoms with van der Waals surface area (Å²) in [6.07, 6.45) is 2.25. The molecule has 1 aromatic heterocycles. The number of hydrogen-bond acceptors (Lipinski definition) is 7. The lowest BCUT2D eigenvalue weighted by Gasteiger charge is -2.18. The van der Waals surface area contributed by atoms with Gasteiger partial charge in [-0.1, -0.05) is 12.1 Å². The highest BCUT2D eigenvalue weighted by molar-refractivity contribution is 7.18. The van der Waals surface area contributed by atoms with E-state index in [2.05, 4.69) is 5.32 Å². The highest BCUT2D eigenvalue weighted by atomic mass is 32.1. The van der Waals surface area contributed by atoms with Gasteiger partial charge in [-0.3, -0.25) is 19.7 Å². The number of nitro groups is 1. The van der Waals surface area contributed by atoms with Crippen LogP contribution in [0.3, 0.4) is 0 Å². The Morgan fingerprint density at radius 3 is 2.48 bits per heavy atom. The third kappa shape index (κ3) is 6.48. The van der Waals surface area contributed by atoms with E-state index < -0.39 is 16.8 Å². The lowest BCUT2D eigenvalue weighted by Crippen LogP contribution is -2.30. The summed E-state index contributed by atoms with van der Waals surface area (Å²) in [4.78, 5) is 50.6. The Bertz CT molecular complexity index is 1090. The summed E-state index contributed by atoms with van der Waals surface area (Å²) < 4.78 is 5.32.